The maximum atomic E-state index is 5.93. The van der Waals surface area contributed by atoms with E-state index in [-0.39, 0.29) is 6.10 Å². The number of nitrogens with one attached hydrogen (secondary N) is 1. The van der Waals surface area contributed by atoms with Gasteiger partial charge in [0.15, 0.2) is 0 Å². The molecule has 3 nitrogen and oxygen atoms in total. The standard InChI is InChI=1S/C16H19ClN2O/c1-3-11(2)20-14-6-4-5-13(10-14)19-16-8-7-12(17)9-15(16)18/h4-11,19H,3,18H2,1-2H3. The van der Waals surface area contributed by atoms with E-state index in [2.05, 4.69) is 19.2 Å². The molecule has 0 heterocycles. The molecule has 0 bridgehead atoms. The van der Waals surface area contributed by atoms with E-state index in [0.717, 1.165) is 23.5 Å². The molecule has 2 aromatic rings. The van der Waals surface area contributed by atoms with Crippen molar-refractivity contribution in [2.45, 2.75) is 26.4 Å². The molecule has 1 unspecified atom stereocenters. The van der Waals surface area contributed by atoms with Crippen LogP contribution in [-0.4, -0.2) is 6.10 Å². The van der Waals surface area contributed by atoms with Crippen molar-refractivity contribution >= 4 is 28.7 Å². The molecule has 1 atom stereocenters. The Labute approximate surface area is 124 Å². The molecule has 0 aliphatic heterocycles. The Balaban J connectivity index is 2.15. The van der Waals surface area contributed by atoms with Crippen molar-refractivity contribution in [3.8, 4) is 5.75 Å². The molecule has 0 radical (unpaired) electrons. The van der Waals surface area contributed by atoms with Gasteiger partial charge < -0.3 is 15.8 Å². The Morgan fingerprint density at radius 2 is 2.05 bits per heavy atom. The summed E-state index contributed by atoms with van der Waals surface area (Å²) in [5.74, 6) is 0.844. The summed E-state index contributed by atoms with van der Waals surface area (Å²) >= 11 is 5.89. The van der Waals surface area contributed by atoms with E-state index in [1.54, 1.807) is 12.1 Å². The van der Waals surface area contributed by atoms with Crippen LogP contribution in [0.1, 0.15) is 20.3 Å². The molecule has 0 aliphatic carbocycles. The SMILES string of the molecule is CCC(C)Oc1cccc(Nc2ccc(Cl)cc2N)c1. The van der Waals surface area contributed by atoms with E-state index in [9.17, 15) is 0 Å². The number of hydrogen-bond acceptors (Lipinski definition) is 3. The van der Waals surface area contributed by atoms with Crippen LogP contribution in [0.4, 0.5) is 17.1 Å². The number of anilines is 3. The van der Waals surface area contributed by atoms with Gasteiger partial charge >= 0.3 is 0 Å². The van der Waals surface area contributed by atoms with E-state index in [1.807, 2.05) is 30.3 Å². The van der Waals surface area contributed by atoms with Gasteiger partial charge in [0.25, 0.3) is 0 Å². The van der Waals surface area contributed by atoms with Crippen molar-refractivity contribution in [2.75, 3.05) is 11.1 Å². The van der Waals surface area contributed by atoms with Crippen LogP contribution in [0.15, 0.2) is 42.5 Å². The summed E-state index contributed by atoms with van der Waals surface area (Å²) in [7, 11) is 0. The van der Waals surface area contributed by atoms with E-state index in [0.29, 0.717) is 10.7 Å². The lowest BCUT2D eigenvalue weighted by atomic mass is 10.2. The number of nitrogens with two attached hydrogens (primary N) is 1. The third-order valence-corrected chi connectivity index (χ3v) is 3.27. The first kappa shape index (κ1) is 14.5. The summed E-state index contributed by atoms with van der Waals surface area (Å²) < 4.78 is 5.80. The lowest BCUT2D eigenvalue weighted by molar-refractivity contribution is 0.217. The minimum Gasteiger partial charge on any atom is -0.491 e. The molecule has 4 heteroatoms. The minimum absolute atomic E-state index is 0.200. The smallest absolute Gasteiger partial charge is 0.121 e. The first-order valence-electron chi connectivity index (χ1n) is 6.67. The van der Waals surface area contributed by atoms with E-state index < -0.39 is 0 Å². The highest BCUT2D eigenvalue weighted by Gasteiger charge is 2.04. The highest BCUT2D eigenvalue weighted by Crippen LogP contribution is 2.28. The fraction of sp³-hybridized carbons (Fsp3) is 0.250. The van der Waals surface area contributed by atoms with Crippen molar-refractivity contribution in [1.29, 1.82) is 0 Å². The average Bonchev–Trinajstić information content (AvgIpc) is 2.42. The zero-order valence-electron chi connectivity index (χ0n) is 11.7. The van der Waals surface area contributed by atoms with Gasteiger partial charge in [0, 0.05) is 16.8 Å². The third kappa shape index (κ3) is 3.81. The van der Waals surface area contributed by atoms with Gasteiger partial charge in [-0.05, 0) is 43.7 Å². The molecule has 0 saturated carbocycles. The van der Waals surface area contributed by atoms with E-state index >= 15 is 0 Å². The fourth-order valence-corrected chi connectivity index (χ4v) is 1.95. The third-order valence-electron chi connectivity index (χ3n) is 3.04. The summed E-state index contributed by atoms with van der Waals surface area (Å²) in [5, 5.41) is 3.89. The van der Waals surface area contributed by atoms with E-state index in [4.69, 9.17) is 22.1 Å². The summed E-state index contributed by atoms with van der Waals surface area (Å²) in [6, 6.07) is 13.2. The number of benzene rings is 2. The van der Waals surface area contributed by atoms with E-state index in [1.165, 1.54) is 0 Å². The van der Waals surface area contributed by atoms with Crippen molar-refractivity contribution in [2.24, 2.45) is 0 Å². The van der Waals surface area contributed by atoms with Gasteiger partial charge in [-0.15, -0.1) is 0 Å². The molecule has 106 valence electrons. The first-order chi connectivity index (χ1) is 9.58. The predicted molar refractivity (Wildman–Crippen MR) is 86.0 cm³/mol. The van der Waals surface area contributed by atoms with Crippen LogP contribution in [0.2, 0.25) is 5.02 Å². The average molecular weight is 291 g/mol. The van der Waals surface area contributed by atoms with Crippen LogP contribution >= 0.6 is 11.6 Å². The molecule has 0 aliphatic rings. The molecule has 0 spiro atoms. The Hall–Kier alpha value is -1.87. The van der Waals surface area contributed by atoms with Crippen LogP contribution in [0.5, 0.6) is 5.75 Å². The van der Waals surface area contributed by atoms with Gasteiger partial charge in [-0.3, -0.25) is 0 Å². The van der Waals surface area contributed by atoms with Crippen LogP contribution < -0.4 is 15.8 Å². The molecule has 20 heavy (non-hydrogen) atoms. The summed E-state index contributed by atoms with van der Waals surface area (Å²) in [5.41, 5.74) is 8.31. The second kappa shape index (κ2) is 6.53. The molecule has 2 rings (SSSR count). The van der Waals surface area contributed by atoms with Crippen LogP contribution in [0.25, 0.3) is 0 Å². The number of nitrogen functional groups attached to an aromatic ring is 1. The monoisotopic (exact) mass is 290 g/mol. The Morgan fingerprint density at radius 1 is 1.25 bits per heavy atom. The van der Waals surface area contributed by atoms with Crippen LogP contribution in [0.3, 0.4) is 0 Å². The fourth-order valence-electron chi connectivity index (χ4n) is 1.77. The second-order valence-corrected chi connectivity index (χ2v) is 5.16. The highest BCUT2D eigenvalue weighted by molar-refractivity contribution is 6.31. The van der Waals surface area contributed by atoms with Gasteiger partial charge in [-0.25, -0.2) is 0 Å². The van der Waals surface area contributed by atoms with Crippen LogP contribution in [-0.2, 0) is 0 Å². The lowest BCUT2D eigenvalue weighted by Gasteiger charge is -2.14. The molecule has 0 aromatic heterocycles. The molecule has 0 amide bonds. The summed E-state index contributed by atoms with van der Waals surface area (Å²) in [6.45, 7) is 4.15. The topological polar surface area (TPSA) is 47.3 Å². The summed E-state index contributed by atoms with van der Waals surface area (Å²) in [6.07, 6.45) is 1.17. The predicted octanol–water partition coefficient (Wildman–Crippen LogP) is 4.84. The number of hydrogen-bond donors (Lipinski definition) is 2. The largest absolute Gasteiger partial charge is 0.491 e. The number of halogens is 1. The molecular weight excluding hydrogens is 272 g/mol. The molecule has 0 saturated heterocycles. The number of ether oxygens (including phenoxy) is 1. The van der Waals surface area contributed by atoms with Gasteiger partial charge in [-0.1, -0.05) is 24.6 Å². The quantitative estimate of drug-likeness (QED) is 0.774. The molecular formula is C16H19ClN2O. The molecule has 0 fully saturated rings. The zero-order chi connectivity index (χ0) is 14.5. The summed E-state index contributed by atoms with van der Waals surface area (Å²) in [4.78, 5) is 0. The Kier molecular flexibility index (Phi) is 4.74. The number of rotatable bonds is 5. The van der Waals surface area contributed by atoms with Crippen molar-refractivity contribution in [1.82, 2.24) is 0 Å². The minimum atomic E-state index is 0.200. The van der Waals surface area contributed by atoms with Gasteiger partial charge in [0.2, 0.25) is 0 Å². The first-order valence-corrected chi connectivity index (χ1v) is 7.05. The van der Waals surface area contributed by atoms with Crippen LogP contribution in [0, 0.1) is 0 Å². The Bertz CT molecular complexity index is 586. The van der Waals surface area contributed by atoms with Crippen molar-refractivity contribution in [3.63, 3.8) is 0 Å². The van der Waals surface area contributed by atoms with Gasteiger partial charge in [0.1, 0.15) is 5.75 Å². The molecule has 2 aromatic carbocycles. The maximum Gasteiger partial charge on any atom is 0.121 e. The maximum absolute atomic E-state index is 5.93. The van der Waals surface area contributed by atoms with Gasteiger partial charge in [0.05, 0.1) is 17.5 Å². The Morgan fingerprint density at radius 3 is 2.75 bits per heavy atom. The van der Waals surface area contributed by atoms with Gasteiger partial charge in [-0.2, -0.15) is 0 Å². The highest BCUT2D eigenvalue weighted by atomic mass is 35.5. The van der Waals surface area contributed by atoms with Crippen molar-refractivity contribution in [3.05, 3.63) is 47.5 Å². The molecule has 3 N–H and O–H groups in total. The lowest BCUT2D eigenvalue weighted by Crippen LogP contribution is -2.09. The second-order valence-electron chi connectivity index (χ2n) is 4.72. The normalized spacial score (nSPS) is 11.9. The zero-order valence-corrected chi connectivity index (χ0v) is 12.4. The van der Waals surface area contributed by atoms with Crippen molar-refractivity contribution < 1.29 is 4.74 Å².